The van der Waals surface area contributed by atoms with Gasteiger partial charge in [0.05, 0.1) is 18.7 Å². The molecule has 1 fully saturated rings. The van der Waals surface area contributed by atoms with Crippen LogP contribution in [0.4, 0.5) is 13.2 Å². The van der Waals surface area contributed by atoms with Crippen LogP contribution in [0.2, 0.25) is 0 Å². The minimum atomic E-state index is -4.34. The van der Waals surface area contributed by atoms with E-state index in [2.05, 4.69) is 5.32 Å². The summed E-state index contributed by atoms with van der Waals surface area (Å²) in [7, 11) is 0. The van der Waals surface area contributed by atoms with Gasteiger partial charge in [-0.3, -0.25) is 0 Å². The van der Waals surface area contributed by atoms with E-state index in [1.807, 2.05) is 5.06 Å². The molecule has 1 aromatic carbocycles. The lowest BCUT2D eigenvalue weighted by Crippen LogP contribution is -2.31. The van der Waals surface area contributed by atoms with Gasteiger partial charge in [0.15, 0.2) is 5.76 Å². The van der Waals surface area contributed by atoms with Crippen LogP contribution in [-0.4, -0.2) is 42.5 Å². The van der Waals surface area contributed by atoms with E-state index in [1.165, 1.54) is 25.0 Å². The first-order valence-corrected chi connectivity index (χ1v) is 8.65. The summed E-state index contributed by atoms with van der Waals surface area (Å²) < 4.78 is 38.3. The van der Waals surface area contributed by atoms with Crippen LogP contribution in [0.5, 0.6) is 0 Å². The fourth-order valence-corrected chi connectivity index (χ4v) is 3.39. The zero-order valence-electron chi connectivity index (χ0n) is 14.0. The second-order valence-electron chi connectivity index (χ2n) is 6.51. The monoisotopic (exact) mass is 356 g/mol. The lowest BCUT2D eigenvalue weighted by atomic mass is 10.1. The molecule has 0 unspecified atom stereocenters. The summed E-state index contributed by atoms with van der Waals surface area (Å²) in [5.74, 6) is 0.631. The predicted molar refractivity (Wildman–Crippen MR) is 88.4 cm³/mol. The summed E-state index contributed by atoms with van der Waals surface area (Å²) in [6.45, 7) is 1.68. The summed E-state index contributed by atoms with van der Waals surface area (Å²) in [5, 5.41) is 14.0. The minimum Gasteiger partial charge on any atom is -0.405 e. The maximum Gasteiger partial charge on any atom is 0.416 e. The number of nitrogens with one attached hydrogen (secondary N) is 1. The Balaban J connectivity index is 1.78. The molecule has 1 aliphatic carbocycles. The molecule has 3 rings (SSSR count). The van der Waals surface area contributed by atoms with Crippen molar-refractivity contribution in [2.45, 2.75) is 37.9 Å². The van der Waals surface area contributed by atoms with Crippen molar-refractivity contribution in [3.8, 4) is 0 Å². The molecule has 2 N–H and O–H groups in total. The molecular weight excluding hydrogens is 333 g/mol. The van der Waals surface area contributed by atoms with Gasteiger partial charge in [-0.25, -0.2) is 0 Å². The Morgan fingerprint density at radius 2 is 1.84 bits per heavy atom. The molecule has 1 saturated carbocycles. The molecule has 1 aromatic rings. The van der Waals surface area contributed by atoms with Crippen molar-refractivity contribution in [1.29, 1.82) is 0 Å². The van der Waals surface area contributed by atoms with E-state index in [0.29, 0.717) is 37.0 Å². The van der Waals surface area contributed by atoms with Gasteiger partial charge in [-0.1, -0.05) is 25.0 Å². The molecule has 0 spiro atoms. The van der Waals surface area contributed by atoms with E-state index in [-0.39, 0.29) is 6.61 Å². The van der Waals surface area contributed by atoms with Gasteiger partial charge in [-0.15, -0.1) is 5.06 Å². The Bertz CT molecular complexity index is 608. The van der Waals surface area contributed by atoms with E-state index in [1.54, 1.807) is 0 Å². The van der Waals surface area contributed by atoms with Crippen molar-refractivity contribution in [1.82, 2.24) is 10.4 Å². The highest BCUT2D eigenvalue weighted by Gasteiger charge is 2.33. The van der Waals surface area contributed by atoms with Gasteiger partial charge in [0.25, 0.3) is 0 Å². The maximum atomic E-state index is 12.8. The number of nitrogens with zero attached hydrogens (tertiary/aromatic N) is 1. The third-order valence-corrected chi connectivity index (χ3v) is 4.71. The predicted octanol–water partition coefficient (Wildman–Crippen LogP) is 3.19. The smallest absolute Gasteiger partial charge is 0.405 e. The van der Waals surface area contributed by atoms with E-state index < -0.39 is 11.7 Å². The summed E-state index contributed by atoms with van der Waals surface area (Å²) in [6, 6.07) is 5.45. The molecule has 25 heavy (non-hydrogen) atoms. The van der Waals surface area contributed by atoms with Crippen molar-refractivity contribution in [3.63, 3.8) is 0 Å². The van der Waals surface area contributed by atoms with Crippen LogP contribution in [0.1, 0.15) is 36.8 Å². The van der Waals surface area contributed by atoms with Crippen molar-refractivity contribution in [2.75, 3.05) is 26.2 Å². The third kappa shape index (κ3) is 4.34. The van der Waals surface area contributed by atoms with Gasteiger partial charge >= 0.3 is 6.18 Å². The maximum absolute atomic E-state index is 12.8. The number of hydrogen-bond acceptors (Lipinski definition) is 4. The quantitative estimate of drug-likeness (QED) is 0.769. The van der Waals surface area contributed by atoms with Gasteiger partial charge in [0, 0.05) is 30.3 Å². The number of halogens is 3. The zero-order chi connectivity index (χ0) is 17.9. The first-order chi connectivity index (χ1) is 12.0. The average Bonchev–Trinajstić information content (AvgIpc) is 3.24. The van der Waals surface area contributed by atoms with Crippen LogP contribution in [0, 0.1) is 0 Å². The molecule has 0 aromatic heterocycles. The number of benzene rings is 1. The number of aliphatic hydroxyl groups excluding tert-OH is 1. The van der Waals surface area contributed by atoms with Crippen molar-refractivity contribution in [3.05, 3.63) is 41.0 Å². The second-order valence-corrected chi connectivity index (χ2v) is 6.51. The fraction of sp³-hybridized carbons (Fsp3) is 0.556. The lowest BCUT2D eigenvalue weighted by Gasteiger charge is -2.23. The number of alkyl halides is 3. The molecule has 0 radical (unpaired) electrons. The van der Waals surface area contributed by atoms with Gasteiger partial charge in [0.1, 0.15) is 0 Å². The minimum absolute atomic E-state index is 0.0378. The fourth-order valence-electron chi connectivity index (χ4n) is 3.39. The molecular formula is C18H23F3N2O2. The Hall–Kier alpha value is -1.57. The topological polar surface area (TPSA) is 44.7 Å². The Labute approximate surface area is 145 Å². The van der Waals surface area contributed by atoms with E-state index in [0.717, 1.165) is 30.5 Å². The molecule has 0 amide bonds. The van der Waals surface area contributed by atoms with E-state index >= 15 is 0 Å². The van der Waals surface area contributed by atoms with Crippen LogP contribution < -0.4 is 5.32 Å². The highest BCUT2D eigenvalue weighted by atomic mass is 19.4. The van der Waals surface area contributed by atoms with Crippen LogP contribution >= 0.6 is 0 Å². The van der Waals surface area contributed by atoms with E-state index in [4.69, 9.17) is 9.94 Å². The third-order valence-electron chi connectivity index (χ3n) is 4.71. The van der Waals surface area contributed by atoms with Crippen LogP contribution in [0.25, 0.3) is 5.76 Å². The van der Waals surface area contributed by atoms with Gasteiger partial charge < -0.3 is 15.3 Å². The molecule has 7 heteroatoms. The summed E-state index contributed by atoms with van der Waals surface area (Å²) in [6.07, 6.45) is 0.177. The molecule has 2 aliphatic rings. The molecule has 0 atom stereocenters. The number of hydrogen-bond donors (Lipinski definition) is 2. The Morgan fingerprint density at radius 1 is 1.16 bits per heavy atom. The average molecular weight is 356 g/mol. The van der Waals surface area contributed by atoms with Crippen molar-refractivity contribution in [2.24, 2.45) is 0 Å². The van der Waals surface area contributed by atoms with Gasteiger partial charge in [-0.05, 0) is 25.0 Å². The largest absolute Gasteiger partial charge is 0.416 e. The molecule has 0 saturated heterocycles. The van der Waals surface area contributed by atoms with Crippen molar-refractivity contribution >= 4 is 5.76 Å². The van der Waals surface area contributed by atoms with Crippen molar-refractivity contribution < 1.29 is 23.1 Å². The van der Waals surface area contributed by atoms with Gasteiger partial charge in [-0.2, -0.15) is 13.2 Å². The summed E-state index contributed by atoms with van der Waals surface area (Å²) in [4.78, 5) is 6.03. The van der Waals surface area contributed by atoms with Crippen LogP contribution in [0.15, 0.2) is 29.8 Å². The first kappa shape index (κ1) is 18.2. The Morgan fingerprint density at radius 3 is 2.44 bits per heavy atom. The highest BCUT2D eigenvalue weighted by molar-refractivity contribution is 5.65. The Kier molecular flexibility index (Phi) is 5.66. The summed E-state index contributed by atoms with van der Waals surface area (Å²) in [5.41, 5.74) is 0.983. The molecule has 4 nitrogen and oxygen atoms in total. The first-order valence-electron chi connectivity index (χ1n) is 8.65. The SMILES string of the molecule is OCCNCC1=C(c2ccc(C(F)(F)F)cc2)ON(C2CCCC2)C1. The summed E-state index contributed by atoms with van der Waals surface area (Å²) >= 11 is 0. The number of hydroxylamine groups is 2. The zero-order valence-corrected chi connectivity index (χ0v) is 14.0. The molecule has 138 valence electrons. The highest BCUT2D eigenvalue weighted by Crippen LogP contribution is 2.35. The molecule has 0 bridgehead atoms. The normalized spacial score (nSPS) is 19.7. The van der Waals surface area contributed by atoms with E-state index in [9.17, 15) is 13.2 Å². The number of aliphatic hydroxyl groups is 1. The van der Waals surface area contributed by atoms with Gasteiger partial charge in [0.2, 0.25) is 0 Å². The van der Waals surface area contributed by atoms with Crippen LogP contribution in [0.3, 0.4) is 0 Å². The number of rotatable bonds is 6. The van der Waals surface area contributed by atoms with Crippen LogP contribution in [-0.2, 0) is 11.0 Å². The standard InChI is InChI=1S/C18H23F3N2O2/c19-18(20,21)15-7-5-13(6-8-15)17-14(11-22-9-10-24)12-23(25-17)16-3-1-2-4-16/h5-8,16,22,24H,1-4,9-12H2. The lowest BCUT2D eigenvalue weighted by molar-refractivity contribution is -0.137. The molecule has 1 aliphatic heterocycles. The molecule has 1 heterocycles. The second kappa shape index (κ2) is 7.76.